The predicted molar refractivity (Wildman–Crippen MR) is 120 cm³/mol. The number of benzene rings is 1. The monoisotopic (exact) mass is 410 g/mol. The Balaban J connectivity index is 1.62. The van der Waals surface area contributed by atoms with E-state index in [1.807, 2.05) is 24.3 Å². The summed E-state index contributed by atoms with van der Waals surface area (Å²) in [6, 6.07) is 7.04. The van der Waals surface area contributed by atoms with Gasteiger partial charge in [0, 0.05) is 43.8 Å². The first kappa shape index (κ1) is 21.6. The molecule has 3 amide bonds. The molecule has 3 rings (SSSR count). The zero-order chi connectivity index (χ0) is 21.5. The summed E-state index contributed by atoms with van der Waals surface area (Å²) in [4.78, 5) is 29.3. The molecule has 2 aliphatic heterocycles. The number of hydrogen-bond donors (Lipinski definition) is 2. The molecule has 0 aliphatic carbocycles. The van der Waals surface area contributed by atoms with Crippen LogP contribution in [0.4, 0.5) is 16.2 Å². The van der Waals surface area contributed by atoms with Gasteiger partial charge in [0.1, 0.15) is 6.04 Å². The van der Waals surface area contributed by atoms with Gasteiger partial charge in [0.25, 0.3) is 0 Å². The molecule has 7 nitrogen and oxygen atoms in total. The number of piperidine rings is 1. The molecule has 0 radical (unpaired) electrons. The second-order valence-corrected chi connectivity index (χ2v) is 7.45. The number of ether oxygens (including phenoxy) is 1. The van der Waals surface area contributed by atoms with E-state index in [1.165, 1.54) is 6.08 Å². The van der Waals surface area contributed by atoms with Crippen LogP contribution in [0.1, 0.15) is 19.3 Å². The minimum absolute atomic E-state index is 0.0994. The number of methoxy groups -OCH3 is 1. The first-order valence-electron chi connectivity index (χ1n) is 10.3. The molecule has 1 unspecified atom stereocenters. The standard InChI is InChI=1S/C23H30N4O3/c1-4-7-17(5-2)24-23(29)25-21-8-6-14-27(22(21)28)19-11-9-18(10-12-19)26-15-13-20(16-26)30-3/h4-5,7,9-12,20-21H,1-2,6,8,13-16H2,3H3,(H2,24,25,29)/b17-7+/t20?,21-/m1/s1. The number of amides is 3. The van der Waals surface area contributed by atoms with Gasteiger partial charge in [-0.25, -0.2) is 4.79 Å². The van der Waals surface area contributed by atoms with Gasteiger partial charge in [-0.15, -0.1) is 0 Å². The lowest BCUT2D eigenvalue weighted by atomic mass is 10.0. The van der Waals surface area contributed by atoms with Crippen LogP contribution in [0.5, 0.6) is 0 Å². The van der Waals surface area contributed by atoms with Crippen LogP contribution in [-0.2, 0) is 9.53 Å². The number of allylic oxidation sites excluding steroid dienone is 3. The van der Waals surface area contributed by atoms with E-state index in [2.05, 4.69) is 28.7 Å². The molecule has 2 heterocycles. The maximum absolute atomic E-state index is 13.0. The maximum atomic E-state index is 13.0. The molecule has 2 N–H and O–H groups in total. The second-order valence-electron chi connectivity index (χ2n) is 7.45. The quantitative estimate of drug-likeness (QED) is 0.678. The van der Waals surface area contributed by atoms with E-state index < -0.39 is 12.1 Å². The number of nitrogens with one attached hydrogen (secondary N) is 2. The summed E-state index contributed by atoms with van der Waals surface area (Å²) in [5.74, 6) is -0.0994. The van der Waals surface area contributed by atoms with Crippen LogP contribution < -0.4 is 20.4 Å². The lowest BCUT2D eigenvalue weighted by Crippen LogP contribution is -2.54. The van der Waals surface area contributed by atoms with E-state index in [-0.39, 0.29) is 12.0 Å². The number of carbonyl (C=O) groups is 2. The van der Waals surface area contributed by atoms with Crippen LogP contribution in [0.25, 0.3) is 0 Å². The fraction of sp³-hybridized carbons (Fsp3) is 0.391. The Morgan fingerprint density at radius 2 is 1.90 bits per heavy atom. The van der Waals surface area contributed by atoms with Gasteiger partial charge in [0.2, 0.25) is 5.91 Å². The van der Waals surface area contributed by atoms with E-state index in [9.17, 15) is 9.59 Å². The minimum atomic E-state index is -0.561. The molecule has 2 saturated heterocycles. The highest BCUT2D eigenvalue weighted by Gasteiger charge is 2.31. The highest BCUT2D eigenvalue weighted by molar-refractivity contribution is 6.00. The van der Waals surface area contributed by atoms with Gasteiger partial charge in [-0.2, -0.15) is 0 Å². The average molecular weight is 411 g/mol. The van der Waals surface area contributed by atoms with Crippen molar-refractivity contribution in [1.82, 2.24) is 10.6 Å². The first-order valence-corrected chi connectivity index (χ1v) is 10.3. The molecular weight excluding hydrogens is 380 g/mol. The Bertz CT molecular complexity index is 818. The molecule has 1 aromatic carbocycles. The number of nitrogens with zero attached hydrogens (tertiary/aromatic N) is 2. The van der Waals surface area contributed by atoms with Crippen LogP contribution in [0.15, 0.2) is 61.3 Å². The van der Waals surface area contributed by atoms with Crippen LogP contribution in [0.3, 0.4) is 0 Å². The minimum Gasteiger partial charge on any atom is -0.380 e. The Morgan fingerprint density at radius 1 is 1.17 bits per heavy atom. The number of carbonyl (C=O) groups excluding carboxylic acids is 2. The Morgan fingerprint density at radius 3 is 2.53 bits per heavy atom. The van der Waals surface area contributed by atoms with Crippen molar-refractivity contribution >= 4 is 23.3 Å². The van der Waals surface area contributed by atoms with Crippen molar-refractivity contribution in [3.8, 4) is 0 Å². The van der Waals surface area contributed by atoms with Crippen molar-refractivity contribution in [2.45, 2.75) is 31.4 Å². The lowest BCUT2D eigenvalue weighted by molar-refractivity contribution is -0.121. The fourth-order valence-electron chi connectivity index (χ4n) is 3.88. The van der Waals surface area contributed by atoms with E-state index in [1.54, 1.807) is 24.2 Å². The van der Waals surface area contributed by atoms with Crippen molar-refractivity contribution in [1.29, 1.82) is 0 Å². The normalized spacial score (nSPS) is 22.0. The van der Waals surface area contributed by atoms with Crippen molar-refractivity contribution in [2.24, 2.45) is 0 Å². The van der Waals surface area contributed by atoms with E-state index >= 15 is 0 Å². The summed E-state index contributed by atoms with van der Waals surface area (Å²) < 4.78 is 5.44. The Kier molecular flexibility index (Phi) is 7.30. The van der Waals surface area contributed by atoms with E-state index in [0.29, 0.717) is 18.7 Å². The number of anilines is 2. The third kappa shape index (κ3) is 5.10. The van der Waals surface area contributed by atoms with Gasteiger partial charge in [0.05, 0.1) is 6.10 Å². The average Bonchev–Trinajstić information content (AvgIpc) is 3.24. The molecule has 160 valence electrons. The number of urea groups is 1. The number of rotatable bonds is 7. The topological polar surface area (TPSA) is 73.9 Å². The molecule has 0 saturated carbocycles. The molecule has 30 heavy (non-hydrogen) atoms. The molecule has 1 aromatic rings. The maximum Gasteiger partial charge on any atom is 0.319 e. The van der Waals surface area contributed by atoms with Gasteiger partial charge in [-0.1, -0.05) is 19.2 Å². The summed E-state index contributed by atoms with van der Waals surface area (Å²) in [6.45, 7) is 9.74. The van der Waals surface area contributed by atoms with E-state index in [0.717, 1.165) is 37.3 Å². The molecule has 0 spiro atoms. The molecule has 2 fully saturated rings. The smallest absolute Gasteiger partial charge is 0.319 e. The Hall–Kier alpha value is -3.06. The summed E-state index contributed by atoms with van der Waals surface area (Å²) in [7, 11) is 1.75. The van der Waals surface area contributed by atoms with Crippen LogP contribution in [0, 0.1) is 0 Å². The molecule has 2 aliphatic rings. The van der Waals surface area contributed by atoms with Gasteiger partial charge < -0.3 is 25.2 Å². The number of hydrogen-bond acceptors (Lipinski definition) is 4. The first-order chi connectivity index (χ1) is 14.5. The molecule has 0 aromatic heterocycles. The largest absolute Gasteiger partial charge is 0.380 e. The van der Waals surface area contributed by atoms with Crippen molar-refractivity contribution in [3.63, 3.8) is 0 Å². The molecule has 0 bridgehead atoms. The van der Waals surface area contributed by atoms with Gasteiger partial charge in [-0.05, 0) is 55.7 Å². The second kappa shape index (κ2) is 10.1. The van der Waals surface area contributed by atoms with Crippen LogP contribution in [-0.4, -0.2) is 50.8 Å². The zero-order valence-corrected chi connectivity index (χ0v) is 17.5. The third-order valence-corrected chi connectivity index (χ3v) is 5.52. The summed E-state index contributed by atoms with van der Waals surface area (Å²) in [6.07, 6.45) is 7.44. The highest BCUT2D eigenvalue weighted by atomic mass is 16.5. The lowest BCUT2D eigenvalue weighted by Gasteiger charge is -2.33. The van der Waals surface area contributed by atoms with E-state index in [4.69, 9.17) is 4.74 Å². The van der Waals surface area contributed by atoms with Crippen molar-refractivity contribution in [3.05, 3.63) is 61.3 Å². The van der Waals surface area contributed by atoms with Crippen molar-refractivity contribution < 1.29 is 14.3 Å². The predicted octanol–water partition coefficient (Wildman–Crippen LogP) is 2.96. The van der Waals surface area contributed by atoms with Gasteiger partial charge >= 0.3 is 6.03 Å². The summed E-state index contributed by atoms with van der Waals surface area (Å²) >= 11 is 0. The molecule has 2 atom stereocenters. The fourth-order valence-corrected chi connectivity index (χ4v) is 3.88. The molecular formula is C23H30N4O3. The van der Waals surface area contributed by atoms with Crippen LogP contribution >= 0.6 is 0 Å². The molecule has 7 heteroatoms. The summed E-state index contributed by atoms with van der Waals surface area (Å²) in [5.41, 5.74) is 2.50. The highest BCUT2D eigenvalue weighted by Crippen LogP contribution is 2.27. The SMILES string of the molecule is C=C/C=C(\C=C)NC(=O)N[C@@H]1CCCN(c2ccc(N3CCC(OC)C3)cc2)C1=O. The Labute approximate surface area is 178 Å². The zero-order valence-electron chi connectivity index (χ0n) is 17.5. The summed E-state index contributed by atoms with van der Waals surface area (Å²) in [5, 5.41) is 5.45. The van der Waals surface area contributed by atoms with Crippen LogP contribution in [0.2, 0.25) is 0 Å². The van der Waals surface area contributed by atoms with Gasteiger partial charge in [0.15, 0.2) is 0 Å². The van der Waals surface area contributed by atoms with Gasteiger partial charge in [-0.3, -0.25) is 4.79 Å². The van der Waals surface area contributed by atoms with Crippen molar-refractivity contribution in [2.75, 3.05) is 36.5 Å². The third-order valence-electron chi connectivity index (χ3n) is 5.52.